The summed E-state index contributed by atoms with van der Waals surface area (Å²) in [5.74, 6) is 0. The Bertz CT molecular complexity index is 359. The van der Waals surface area contributed by atoms with Gasteiger partial charge in [-0.1, -0.05) is 20.8 Å². The Kier molecular flexibility index (Phi) is 4.95. The van der Waals surface area contributed by atoms with Crippen LogP contribution in [0.4, 0.5) is 0 Å². The zero-order valence-electron chi connectivity index (χ0n) is 14.1. The molecule has 114 valence electrons. The van der Waals surface area contributed by atoms with Gasteiger partial charge in [0.2, 0.25) is 0 Å². The van der Waals surface area contributed by atoms with Gasteiger partial charge in [-0.3, -0.25) is 4.57 Å². The molecule has 4 nitrogen and oxygen atoms in total. The van der Waals surface area contributed by atoms with Crippen molar-refractivity contribution in [1.82, 2.24) is 0 Å². The van der Waals surface area contributed by atoms with E-state index in [4.69, 9.17) is 15.1 Å². The van der Waals surface area contributed by atoms with E-state index in [2.05, 4.69) is 33.9 Å². The molecule has 1 aliphatic heterocycles. The van der Waals surface area contributed by atoms with Crippen molar-refractivity contribution in [3.8, 4) is 0 Å². The molecular formula is C13H29O4PSi. The maximum absolute atomic E-state index is 11.5. The van der Waals surface area contributed by atoms with Crippen LogP contribution in [0.3, 0.4) is 0 Å². The molecule has 5 atom stereocenters. The fraction of sp³-hybridized carbons (Fsp3) is 1.00. The Balaban J connectivity index is 2.92. The SMILES string of the molecule is [2H]C[C@H]1O[C@@H](C)[C@@H](O[Si](C)(C)C(C)(C)C)C1O[PH](C)=O. The van der Waals surface area contributed by atoms with E-state index in [1.165, 1.54) is 0 Å². The number of hydrogen-bond donors (Lipinski definition) is 0. The Labute approximate surface area is 120 Å². The normalized spacial score (nSPS) is 35.2. The van der Waals surface area contributed by atoms with Crippen LogP contribution in [0.15, 0.2) is 0 Å². The van der Waals surface area contributed by atoms with Gasteiger partial charge in [0.05, 0.1) is 12.2 Å². The summed E-state index contributed by atoms with van der Waals surface area (Å²) in [5.41, 5.74) is 0. The van der Waals surface area contributed by atoms with Crippen molar-refractivity contribution in [3.05, 3.63) is 0 Å². The lowest BCUT2D eigenvalue weighted by atomic mass is 10.1. The average Bonchev–Trinajstić information content (AvgIpc) is 2.54. The van der Waals surface area contributed by atoms with Crippen LogP contribution >= 0.6 is 8.03 Å². The molecule has 2 unspecified atom stereocenters. The molecule has 6 heteroatoms. The highest BCUT2D eigenvalue weighted by Gasteiger charge is 2.48. The summed E-state index contributed by atoms with van der Waals surface area (Å²) < 4.78 is 36.8. The van der Waals surface area contributed by atoms with Crippen LogP contribution in [0.2, 0.25) is 18.1 Å². The summed E-state index contributed by atoms with van der Waals surface area (Å²) in [4.78, 5) is 0. The maximum Gasteiger partial charge on any atom is 0.192 e. The number of hydrogen-bond acceptors (Lipinski definition) is 4. The van der Waals surface area contributed by atoms with E-state index >= 15 is 0 Å². The van der Waals surface area contributed by atoms with Gasteiger partial charge in [0.15, 0.2) is 16.3 Å². The van der Waals surface area contributed by atoms with Gasteiger partial charge in [-0.15, -0.1) is 0 Å². The summed E-state index contributed by atoms with van der Waals surface area (Å²) in [7, 11) is -4.04. The molecule has 1 saturated heterocycles. The molecule has 0 bridgehead atoms. The highest BCUT2D eigenvalue weighted by atomic mass is 31.1. The smallest absolute Gasteiger partial charge is 0.192 e. The van der Waals surface area contributed by atoms with E-state index < -0.39 is 22.4 Å². The molecule has 0 aliphatic carbocycles. The molecule has 0 aromatic carbocycles. The highest BCUT2D eigenvalue weighted by molar-refractivity contribution is 7.38. The number of rotatable bonds is 4. The minimum absolute atomic E-state index is 0.0911. The van der Waals surface area contributed by atoms with Gasteiger partial charge < -0.3 is 13.7 Å². The summed E-state index contributed by atoms with van der Waals surface area (Å²) in [6.45, 7) is 14.5. The largest absolute Gasteiger partial charge is 0.409 e. The molecule has 0 radical (unpaired) electrons. The molecule has 1 heterocycles. The van der Waals surface area contributed by atoms with Crippen LogP contribution in [0.1, 0.15) is 36.0 Å². The predicted octanol–water partition coefficient (Wildman–Crippen LogP) is 3.67. The second-order valence-electron chi connectivity index (χ2n) is 6.80. The van der Waals surface area contributed by atoms with Crippen molar-refractivity contribution < 1.29 is 19.6 Å². The van der Waals surface area contributed by atoms with Crippen molar-refractivity contribution in [2.75, 3.05) is 6.66 Å². The molecule has 0 N–H and O–H groups in total. The fourth-order valence-electron chi connectivity index (χ4n) is 1.92. The highest BCUT2D eigenvalue weighted by Crippen LogP contribution is 2.41. The van der Waals surface area contributed by atoms with Gasteiger partial charge in [-0.05, 0) is 32.0 Å². The first-order chi connectivity index (χ1) is 8.99. The van der Waals surface area contributed by atoms with E-state index in [0.717, 1.165) is 0 Å². The first kappa shape index (κ1) is 15.7. The Morgan fingerprint density at radius 1 is 1.26 bits per heavy atom. The molecule has 0 saturated carbocycles. The standard InChI is InChI=1S/C13H29O4PSi/c1-9-11(16-18(6)14)12(10(2)15-9)17-19(7,8)13(3,4)5/h9-12,18H,1-8H3/t9-,10+,11?,12-/m1/s1/i1D. The minimum atomic E-state index is -2.08. The molecule has 1 fully saturated rings. The molecule has 0 aromatic rings. The maximum atomic E-state index is 11.5. The summed E-state index contributed by atoms with van der Waals surface area (Å²) in [6.07, 6.45) is -1.12. The second kappa shape index (κ2) is 5.98. The summed E-state index contributed by atoms with van der Waals surface area (Å²) >= 11 is 0. The van der Waals surface area contributed by atoms with Crippen LogP contribution in [-0.2, 0) is 18.3 Å². The monoisotopic (exact) mass is 309 g/mol. The number of ether oxygens (including phenoxy) is 1. The van der Waals surface area contributed by atoms with Gasteiger partial charge >= 0.3 is 0 Å². The lowest BCUT2D eigenvalue weighted by Crippen LogP contribution is -2.49. The molecule has 0 amide bonds. The van der Waals surface area contributed by atoms with Crippen LogP contribution in [0.25, 0.3) is 0 Å². The van der Waals surface area contributed by atoms with Crippen LogP contribution in [0, 0.1) is 0 Å². The van der Waals surface area contributed by atoms with Gasteiger partial charge in [-0.2, -0.15) is 0 Å². The fourth-order valence-corrected chi connectivity index (χ4v) is 3.95. The van der Waals surface area contributed by atoms with Crippen LogP contribution in [-0.4, -0.2) is 39.4 Å². The van der Waals surface area contributed by atoms with E-state index in [0.29, 0.717) is 0 Å². The van der Waals surface area contributed by atoms with Crippen molar-refractivity contribution >= 4 is 16.3 Å². The van der Waals surface area contributed by atoms with Gasteiger partial charge in [0.25, 0.3) is 0 Å². The van der Waals surface area contributed by atoms with E-state index in [9.17, 15) is 4.57 Å². The predicted molar refractivity (Wildman–Crippen MR) is 81.9 cm³/mol. The zero-order valence-corrected chi connectivity index (χ0v) is 15.1. The first-order valence-electron chi connectivity index (χ1n) is 7.50. The second-order valence-corrected chi connectivity index (χ2v) is 12.8. The Morgan fingerprint density at radius 3 is 2.26 bits per heavy atom. The van der Waals surface area contributed by atoms with Crippen molar-refractivity contribution in [1.29, 1.82) is 0 Å². The van der Waals surface area contributed by atoms with E-state index in [1.54, 1.807) is 6.66 Å². The average molecular weight is 309 g/mol. The summed E-state index contributed by atoms with van der Waals surface area (Å²) in [6, 6.07) is 0. The lowest BCUT2D eigenvalue weighted by molar-refractivity contribution is 0.0313. The van der Waals surface area contributed by atoms with E-state index in [-0.39, 0.29) is 30.2 Å². The van der Waals surface area contributed by atoms with E-state index in [1.807, 2.05) is 6.92 Å². The Hall–Kier alpha value is 0.327. The molecule has 0 spiro atoms. The third kappa shape index (κ3) is 4.15. The molecule has 19 heavy (non-hydrogen) atoms. The topological polar surface area (TPSA) is 44.8 Å². The van der Waals surface area contributed by atoms with Crippen LogP contribution in [0.5, 0.6) is 0 Å². The molecule has 1 rings (SSSR count). The first-order valence-corrected chi connectivity index (χ1v) is 11.5. The zero-order chi connectivity index (χ0) is 15.7. The van der Waals surface area contributed by atoms with Crippen LogP contribution < -0.4 is 0 Å². The van der Waals surface area contributed by atoms with Crippen molar-refractivity contribution in [2.45, 2.75) is 77.1 Å². The Morgan fingerprint density at radius 2 is 1.84 bits per heavy atom. The molecule has 0 aromatic heterocycles. The van der Waals surface area contributed by atoms with Gasteiger partial charge in [-0.25, -0.2) is 0 Å². The third-order valence-corrected chi connectivity index (χ3v) is 9.16. The third-order valence-electron chi connectivity index (χ3n) is 4.08. The summed E-state index contributed by atoms with van der Waals surface area (Å²) in [5, 5.41) is 0.0911. The molecular weight excluding hydrogens is 279 g/mol. The van der Waals surface area contributed by atoms with Crippen molar-refractivity contribution in [2.24, 2.45) is 0 Å². The quantitative estimate of drug-likeness (QED) is 0.587. The van der Waals surface area contributed by atoms with Crippen molar-refractivity contribution in [3.63, 3.8) is 0 Å². The van der Waals surface area contributed by atoms with Gasteiger partial charge in [0, 0.05) is 8.04 Å². The minimum Gasteiger partial charge on any atom is -0.409 e. The lowest BCUT2D eigenvalue weighted by Gasteiger charge is -2.40. The van der Waals surface area contributed by atoms with Gasteiger partial charge in [0.1, 0.15) is 12.2 Å². The molecule has 1 aliphatic rings.